The Hall–Kier alpha value is -2.01. The zero-order valence-electron chi connectivity index (χ0n) is 14.4. The molecule has 0 unspecified atom stereocenters. The first kappa shape index (κ1) is 15.5. The third-order valence-electron chi connectivity index (χ3n) is 5.05. The van der Waals surface area contributed by atoms with Gasteiger partial charge in [-0.1, -0.05) is 6.07 Å². The molecule has 24 heavy (non-hydrogen) atoms. The summed E-state index contributed by atoms with van der Waals surface area (Å²) in [5, 5.41) is 0. The SMILES string of the molecule is Cc1ncc2c(n1)CCN(Cc1cccnc1N1CCCCC1)C2. The Morgan fingerprint density at radius 3 is 2.83 bits per heavy atom. The van der Waals surface area contributed by atoms with Crippen molar-refractivity contribution in [1.29, 1.82) is 0 Å². The van der Waals surface area contributed by atoms with Crippen molar-refractivity contribution >= 4 is 5.82 Å². The van der Waals surface area contributed by atoms with Crippen LogP contribution in [0.4, 0.5) is 5.82 Å². The Balaban J connectivity index is 1.51. The highest BCUT2D eigenvalue weighted by Gasteiger charge is 2.21. The summed E-state index contributed by atoms with van der Waals surface area (Å²) in [6, 6.07) is 4.30. The van der Waals surface area contributed by atoms with Gasteiger partial charge in [-0.05, 0) is 32.3 Å². The molecule has 1 fully saturated rings. The smallest absolute Gasteiger partial charge is 0.133 e. The van der Waals surface area contributed by atoms with Crippen LogP contribution in [0.15, 0.2) is 24.5 Å². The molecular weight excluding hydrogens is 298 g/mol. The van der Waals surface area contributed by atoms with E-state index >= 15 is 0 Å². The van der Waals surface area contributed by atoms with E-state index in [9.17, 15) is 0 Å². The summed E-state index contributed by atoms with van der Waals surface area (Å²) >= 11 is 0. The average molecular weight is 323 g/mol. The molecule has 5 nitrogen and oxygen atoms in total. The van der Waals surface area contributed by atoms with E-state index in [1.54, 1.807) is 0 Å². The number of aryl methyl sites for hydroxylation is 1. The molecule has 0 saturated carbocycles. The second kappa shape index (κ2) is 6.85. The topological polar surface area (TPSA) is 45.2 Å². The molecule has 0 aliphatic carbocycles. The van der Waals surface area contributed by atoms with E-state index in [4.69, 9.17) is 4.98 Å². The lowest BCUT2D eigenvalue weighted by Crippen LogP contribution is -2.34. The summed E-state index contributed by atoms with van der Waals surface area (Å²) < 4.78 is 0. The van der Waals surface area contributed by atoms with Gasteiger partial charge in [0.15, 0.2) is 0 Å². The third kappa shape index (κ3) is 3.26. The van der Waals surface area contributed by atoms with Crippen LogP contribution in [0.2, 0.25) is 0 Å². The van der Waals surface area contributed by atoms with Gasteiger partial charge in [0.1, 0.15) is 11.6 Å². The standard InChI is InChI=1S/C19H25N5/c1-15-21-12-17-14-23(11-7-18(17)22-15)13-16-6-5-8-20-19(16)24-9-3-2-4-10-24/h5-6,8,12H,2-4,7,9-11,13-14H2,1H3. The van der Waals surface area contributed by atoms with Crippen molar-refractivity contribution < 1.29 is 0 Å². The number of nitrogens with zero attached hydrogens (tertiary/aromatic N) is 5. The first-order valence-electron chi connectivity index (χ1n) is 9.02. The van der Waals surface area contributed by atoms with Gasteiger partial charge in [-0.25, -0.2) is 15.0 Å². The molecule has 2 aliphatic heterocycles. The van der Waals surface area contributed by atoms with Gasteiger partial charge >= 0.3 is 0 Å². The van der Waals surface area contributed by atoms with Crippen LogP contribution < -0.4 is 4.90 Å². The predicted molar refractivity (Wildman–Crippen MR) is 94.9 cm³/mol. The molecule has 0 atom stereocenters. The number of hydrogen-bond donors (Lipinski definition) is 0. The first-order valence-corrected chi connectivity index (χ1v) is 9.02. The van der Waals surface area contributed by atoms with Crippen LogP contribution in [-0.2, 0) is 19.5 Å². The number of hydrogen-bond acceptors (Lipinski definition) is 5. The maximum Gasteiger partial charge on any atom is 0.133 e. The van der Waals surface area contributed by atoms with Crippen LogP contribution in [0.25, 0.3) is 0 Å². The first-order chi connectivity index (χ1) is 11.8. The van der Waals surface area contributed by atoms with Gasteiger partial charge in [-0.15, -0.1) is 0 Å². The maximum atomic E-state index is 4.70. The van der Waals surface area contributed by atoms with E-state index in [0.29, 0.717) is 0 Å². The molecule has 2 aromatic heterocycles. The normalized spacial score (nSPS) is 18.5. The Morgan fingerprint density at radius 2 is 1.96 bits per heavy atom. The van der Waals surface area contributed by atoms with Gasteiger partial charge in [0.05, 0.1) is 0 Å². The molecule has 0 bridgehead atoms. The van der Waals surface area contributed by atoms with E-state index in [2.05, 4.69) is 31.9 Å². The number of fused-ring (bicyclic) bond motifs is 1. The third-order valence-corrected chi connectivity index (χ3v) is 5.05. The highest BCUT2D eigenvalue weighted by molar-refractivity contribution is 5.47. The van der Waals surface area contributed by atoms with Crippen LogP contribution in [0.5, 0.6) is 0 Å². The Bertz CT molecular complexity index is 709. The summed E-state index contributed by atoms with van der Waals surface area (Å²) in [4.78, 5) is 18.6. The van der Waals surface area contributed by atoms with Crippen molar-refractivity contribution in [1.82, 2.24) is 19.9 Å². The van der Waals surface area contributed by atoms with E-state index in [1.807, 2.05) is 19.3 Å². The fraction of sp³-hybridized carbons (Fsp3) is 0.526. The molecule has 2 aliphatic rings. The van der Waals surface area contributed by atoms with Gasteiger partial charge in [-0.2, -0.15) is 0 Å². The van der Waals surface area contributed by atoms with E-state index in [0.717, 1.165) is 45.0 Å². The molecule has 4 rings (SSSR count). The fourth-order valence-corrected chi connectivity index (χ4v) is 3.79. The molecule has 0 radical (unpaired) electrons. The van der Waals surface area contributed by atoms with Crippen molar-refractivity contribution in [3.05, 3.63) is 47.2 Å². The van der Waals surface area contributed by atoms with E-state index in [-0.39, 0.29) is 0 Å². The van der Waals surface area contributed by atoms with Gasteiger partial charge in [-0.3, -0.25) is 4.90 Å². The summed E-state index contributed by atoms with van der Waals surface area (Å²) in [7, 11) is 0. The molecule has 0 spiro atoms. The second-order valence-electron chi connectivity index (χ2n) is 6.88. The lowest BCUT2D eigenvalue weighted by Gasteiger charge is -2.32. The summed E-state index contributed by atoms with van der Waals surface area (Å²) in [5.41, 5.74) is 3.84. The molecule has 2 aromatic rings. The summed E-state index contributed by atoms with van der Waals surface area (Å²) in [6.07, 6.45) is 8.85. The predicted octanol–water partition coefficient (Wildman–Crippen LogP) is 2.73. The monoisotopic (exact) mass is 323 g/mol. The Kier molecular flexibility index (Phi) is 4.43. The van der Waals surface area contributed by atoms with Crippen LogP contribution in [0.1, 0.15) is 41.9 Å². The lowest BCUT2D eigenvalue weighted by atomic mass is 10.1. The molecule has 0 N–H and O–H groups in total. The molecular formula is C19H25N5. The molecule has 0 aromatic carbocycles. The number of anilines is 1. The minimum absolute atomic E-state index is 0.877. The average Bonchev–Trinajstić information content (AvgIpc) is 2.63. The molecule has 4 heterocycles. The van der Waals surface area contributed by atoms with Gasteiger partial charge in [0, 0.05) is 68.4 Å². The highest BCUT2D eigenvalue weighted by Crippen LogP contribution is 2.25. The lowest BCUT2D eigenvalue weighted by molar-refractivity contribution is 0.242. The minimum Gasteiger partial charge on any atom is -0.356 e. The highest BCUT2D eigenvalue weighted by atomic mass is 15.2. The van der Waals surface area contributed by atoms with Crippen molar-refractivity contribution in [3.8, 4) is 0 Å². The number of rotatable bonds is 3. The molecule has 0 amide bonds. The number of pyridine rings is 1. The van der Waals surface area contributed by atoms with E-state index < -0.39 is 0 Å². The Labute approximate surface area is 143 Å². The number of piperidine rings is 1. The van der Waals surface area contributed by atoms with Crippen LogP contribution in [0, 0.1) is 6.92 Å². The van der Waals surface area contributed by atoms with Crippen molar-refractivity contribution in [2.45, 2.75) is 45.7 Å². The zero-order valence-corrected chi connectivity index (χ0v) is 14.4. The zero-order chi connectivity index (χ0) is 16.4. The van der Waals surface area contributed by atoms with Crippen molar-refractivity contribution in [2.75, 3.05) is 24.5 Å². The number of aromatic nitrogens is 3. The largest absolute Gasteiger partial charge is 0.356 e. The van der Waals surface area contributed by atoms with Gasteiger partial charge in [0.2, 0.25) is 0 Å². The van der Waals surface area contributed by atoms with Crippen molar-refractivity contribution in [2.24, 2.45) is 0 Å². The van der Waals surface area contributed by atoms with Crippen molar-refractivity contribution in [3.63, 3.8) is 0 Å². The molecule has 1 saturated heterocycles. The van der Waals surface area contributed by atoms with Crippen LogP contribution >= 0.6 is 0 Å². The van der Waals surface area contributed by atoms with Crippen LogP contribution in [-0.4, -0.2) is 39.5 Å². The maximum absolute atomic E-state index is 4.70. The van der Waals surface area contributed by atoms with Gasteiger partial charge < -0.3 is 4.90 Å². The second-order valence-corrected chi connectivity index (χ2v) is 6.88. The molecule has 5 heteroatoms. The summed E-state index contributed by atoms with van der Waals surface area (Å²) in [6.45, 7) is 7.18. The minimum atomic E-state index is 0.877. The van der Waals surface area contributed by atoms with E-state index in [1.165, 1.54) is 41.9 Å². The fourth-order valence-electron chi connectivity index (χ4n) is 3.79. The quantitative estimate of drug-likeness (QED) is 0.869. The Morgan fingerprint density at radius 1 is 1.08 bits per heavy atom. The van der Waals surface area contributed by atoms with Crippen LogP contribution in [0.3, 0.4) is 0 Å². The summed E-state index contributed by atoms with van der Waals surface area (Å²) in [5.74, 6) is 2.06. The molecule has 126 valence electrons. The van der Waals surface area contributed by atoms with Gasteiger partial charge in [0.25, 0.3) is 0 Å².